The molecule has 17 heavy (non-hydrogen) atoms. The van der Waals surface area contributed by atoms with Crippen molar-refractivity contribution in [3.05, 3.63) is 17.8 Å². The van der Waals surface area contributed by atoms with Gasteiger partial charge in [-0.15, -0.1) is 0 Å². The number of hydrogen-bond acceptors (Lipinski definition) is 3. The number of hydrogen-bond donors (Lipinski definition) is 0. The lowest BCUT2D eigenvalue weighted by Gasteiger charge is -2.35. The van der Waals surface area contributed by atoms with Crippen LogP contribution < -0.4 is 4.90 Å². The van der Waals surface area contributed by atoms with Crippen LogP contribution in [0.4, 0.5) is 10.2 Å². The van der Waals surface area contributed by atoms with Crippen LogP contribution in [0.2, 0.25) is 0 Å². The molecule has 0 aliphatic carbocycles. The largest absolute Gasteiger partial charge is 0.353 e. The predicted octanol–water partition coefficient (Wildman–Crippen LogP) is 2.79. The van der Waals surface area contributed by atoms with Crippen molar-refractivity contribution in [1.82, 2.24) is 9.97 Å². The fourth-order valence-corrected chi connectivity index (χ4v) is 2.69. The molecule has 0 N–H and O–H groups in total. The third-order valence-corrected chi connectivity index (χ3v) is 4.54. The highest BCUT2D eigenvalue weighted by atomic mass is 79.9. The fraction of sp³-hybridized carbons (Fsp3) is 0.667. The Balaban J connectivity index is 2.23. The van der Waals surface area contributed by atoms with Gasteiger partial charge in [0.15, 0.2) is 11.6 Å². The quantitative estimate of drug-likeness (QED) is 0.787. The highest BCUT2D eigenvalue weighted by molar-refractivity contribution is 9.09. The second kappa shape index (κ2) is 5.29. The zero-order chi connectivity index (χ0) is 12.4. The molecule has 1 aliphatic heterocycles. The molecule has 1 aromatic rings. The van der Waals surface area contributed by atoms with Crippen molar-refractivity contribution in [1.29, 1.82) is 0 Å². The Morgan fingerprint density at radius 2 is 2.29 bits per heavy atom. The molecular weight excluding hydrogens is 285 g/mol. The second-order valence-electron chi connectivity index (χ2n) is 4.54. The van der Waals surface area contributed by atoms with Crippen LogP contribution in [0.3, 0.4) is 0 Å². The summed E-state index contributed by atoms with van der Waals surface area (Å²) in [6.45, 7) is 5.78. The molecule has 0 amide bonds. The van der Waals surface area contributed by atoms with Gasteiger partial charge >= 0.3 is 0 Å². The van der Waals surface area contributed by atoms with E-state index in [0.29, 0.717) is 28.7 Å². The number of halogens is 2. The molecule has 2 rings (SSSR count). The Bertz CT molecular complexity index is 399. The van der Waals surface area contributed by atoms with Gasteiger partial charge in [-0.3, -0.25) is 0 Å². The van der Waals surface area contributed by atoms with E-state index in [4.69, 9.17) is 0 Å². The number of alkyl halides is 1. The van der Waals surface area contributed by atoms with Crippen LogP contribution in [-0.2, 0) is 6.42 Å². The first-order valence-electron chi connectivity index (χ1n) is 6.01. The molecule has 94 valence electrons. The Kier molecular flexibility index (Phi) is 3.97. The summed E-state index contributed by atoms with van der Waals surface area (Å²) in [6, 6.07) is 0. The van der Waals surface area contributed by atoms with Crippen LogP contribution in [0.15, 0.2) is 6.33 Å². The minimum Gasteiger partial charge on any atom is -0.353 e. The minimum absolute atomic E-state index is 0.260. The Hall–Kier alpha value is -0.710. The first-order chi connectivity index (χ1) is 8.13. The van der Waals surface area contributed by atoms with Crippen molar-refractivity contribution < 1.29 is 4.39 Å². The summed E-state index contributed by atoms with van der Waals surface area (Å²) in [4.78, 5) is 10.5. The van der Waals surface area contributed by atoms with Gasteiger partial charge in [-0.05, 0) is 18.8 Å². The predicted molar refractivity (Wildman–Crippen MR) is 70.1 cm³/mol. The molecule has 1 fully saturated rings. The van der Waals surface area contributed by atoms with Gasteiger partial charge in [0.05, 0.1) is 5.69 Å². The maximum Gasteiger partial charge on any atom is 0.187 e. The molecule has 1 aromatic heterocycles. The molecule has 5 heteroatoms. The lowest BCUT2D eigenvalue weighted by atomic mass is 9.99. The van der Waals surface area contributed by atoms with Gasteiger partial charge < -0.3 is 4.90 Å². The monoisotopic (exact) mass is 301 g/mol. The average molecular weight is 302 g/mol. The molecule has 3 nitrogen and oxygen atoms in total. The zero-order valence-corrected chi connectivity index (χ0v) is 11.7. The van der Waals surface area contributed by atoms with Gasteiger partial charge in [0.2, 0.25) is 0 Å². The van der Waals surface area contributed by atoms with E-state index in [2.05, 4.69) is 32.8 Å². The Labute approximate surface area is 110 Å². The summed E-state index contributed by atoms with van der Waals surface area (Å²) < 4.78 is 14.1. The first-order valence-corrected chi connectivity index (χ1v) is 6.93. The van der Waals surface area contributed by atoms with E-state index in [9.17, 15) is 4.39 Å². The Morgan fingerprint density at radius 1 is 1.53 bits per heavy atom. The van der Waals surface area contributed by atoms with Gasteiger partial charge in [0.25, 0.3) is 0 Å². The summed E-state index contributed by atoms with van der Waals surface area (Å²) in [5.41, 5.74) is 0.500. The Morgan fingerprint density at radius 3 is 2.94 bits per heavy atom. The molecule has 0 radical (unpaired) electrons. The number of nitrogens with zero attached hydrogens (tertiary/aromatic N) is 3. The van der Waals surface area contributed by atoms with E-state index in [-0.39, 0.29) is 5.82 Å². The first kappa shape index (κ1) is 12.7. The molecule has 1 saturated heterocycles. The molecular formula is C12H17BrFN3. The van der Waals surface area contributed by atoms with E-state index < -0.39 is 0 Å². The third kappa shape index (κ3) is 2.59. The topological polar surface area (TPSA) is 29.0 Å². The van der Waals surface area contributed by atoms with E-state index in [0.717, 1.165) is 19.5 Å². The van der Waals surface area contributed by atoms with E-state index in [1.54, 1.807) is 0 Å². The van der Waals surface area contributed by atoms with Crippen molar-refractivity contribution in [3.8, 4) is 0 Å². The molecule has 0 saturated carbocycles. The summed E-state index contributed by atoms with van der Waals surface area (Å²) in [6.07, 6.45) is 3.11. The molecule has 2 unspecified atom stereocenters. The smallest absolute Gasteiger partial charge is 0.187 e. The average Bonchev–Trinajstić information content (AvgIpc) is 2.33. The molecule has 1 aliphatic rings. The summed E-state index contributed by atoms with van der Waals surface area (Å²) in [7, 11) is 0. The van der Waals surface area contributed by atoms with Crippen molar-refractivity contribution in [3.63, 3.8) is 0 Å². The molecule has 0 aromatic carbocycles. The standard InChI is InChI=1S/C12H17BrFN3/c1-3-10-11(14)12(16-7-15-10)17-5-4-8(2)9(13)6-17/h7-9H,3-6H2,1-2H3. The minimum atomic E-state index is -0.260. The van der Waals surface area contributed by atoms with Crippen molar-refractivity contribution >= 4 is 21.7 Å². The molecule has 2 heterocycles. The lowest BCUT2D eigenvalue weighted by Crippen LogP contribution is -2.41. The van der Waals surface area contributed by atoms with Crippen LogP contribution in [0.25, 0.3) is 0 Å². The van der Waals surface area contributed by atoms with Crippen LogP contribution >= 0.6 is 15.9 Å². The number of aromatic nitrogens is 2. The summed E-state index contributed by atoms with van der Waals surface area (Å²) >= 11 is 3.64. The van der Waals surface area contributed by atoms with E-state index in [1.807, 2.05) is 11.8 Å². The molecule has 0 spiro atoms. The van der Waals surface area contributed by atoms with Crippen LogP contribution in [0, 0.1) is 11.7 Å². The zero-order valence-electron chi connectivity index (χ0n) is 10.2. The maximum absolute atomic E-state index is 14.1. The highest BCUT2D eigenvalue weighted by Gasteiger charge is 2.27. The lowest BCUT2D eigenvalue weighted by molar-refractivity contribution is 0.447. The van der Waals surface area contributed by atoms with Crippen LogP contribution in [-0.4, -0.2) is 27.9 Å². The van der Waals surface area contributed by atoms with Gasteiger partial charge in [0, 0.05) is 17.9 Å². The third-order valence-electron chi connectivity index (χ3n) is 3.34. The van der Waals surface area contributed by atoms with Crippen molar-refractivity contribution in [2.45, 2.75) is 31.5 Å². The summed E-state index contributed by atoms with van der Waals surface area (Å²) in [5.74, 6) is 0.819. The van der Waals surface area contributed by atoms with Crippen molar-refractivity contribution in [2.75, 3.05) is 18.0 Å². The number of piperidine rings is 1. The summed E-state index contributed by atoms with van der Waals surface area (Å²) in [5, 5.41) is 0. The number of aryl methyl sites for hydroxylation is 1. The number of rotatable bonds is 2. The fourth-order valence-electron chi connectivity index (χ4n) is 2.08. The second-order valence-corrected chi connectivity index (χ2v) is 5.72. The van der Waals surface area contributed by atoms with Crippen LogP contribution in [0.5, 0.6) is 0 Å². The van der Waals surface area contributed by atoms with Gasteiger partial charge in [-0.2, -0.15) is 0 Å². The SMILES string of the molecule is CCc1ncnc(N2CCC(C)C(Br)C2)c1F. The van der Waals surface area contributed by atoms with E-state index in [1.165, 1.54) is 6.33 Å². The number of anilines is 1. The van der Waals surface area contributed by atoms with E-state index >= 15 is 0 Å². The van der Waals surface area contributed by atoms with Gasteiger partial charge in [-0.1, -0.05) is 29.8 Å². The van der Waals surface area contributed by atoms with Gasteiger partial charge in [0.1, 0.15) is 6.33 Å². The normalized spacial score (nSPS) is 25.1. The van der Waals surface area contributed by atoms with Gasteiger partial charge in [-0.25, -0.2) is 14.4 Å². The van der Waals surface area contributed by atoms with Crippen LogP contribution in [0.1, 0.15) is 26.0 Å². The molecule has 2 atom stereocenters. The maximum atomic E-state index is 14.1. The highest BCUT2D eigenvalue weighted by Crippen LogP contribution is 2.28. The van der Waals surface area contributed by atoms with Crippen molar-refractivity contribution in [2.24, 2.45) is 5.92 Å². The molecule has 0 bridgehead atoms.